The van der Waals surface area contributed by atoms with Gasteiger partial charge in [-0.3, -0.25) is 0 Å². The summed E-state index contributed by atoms with van der Waals surface area (Å²) in [6.07, 6.45) is 0. The minimum Gasteiger partial charge on any atom is -0.489 e. The van der Waals surface area contributed by atoms with Crippen molar-refractivity contribution in [1.82, 2.24) is 0 Å². The lowest BCUT2D eigenvalue weighted by atomic mass is 10.1. The number of anilines is 1. The van der Waals surface area contributed by atoms with Gasteiger partial charge in [-0.05, 0) is 35.9 Å². The van der Waals surface area contributed by atoms with Crippen molar-refractivity contribution in [2.24, 2.45) is 0 Å². The molecule has 5 heteroatoms. The van der Waals surface area contributed by atoms with Crippen LogP contribution in [0.1, 0.15) is 15.9 Å². The predicted octanol–water partition coefficient (Wildman–Crippen LogP) is 3.29. The van der Waals surface area contributed by atoms with Gasteiger partial charge >= 0.3 is 5.97 Å². The van der Waals surface area contributed by atoms with E-state index in [1.54, 1.807) is 30.3 Å². The van der Waals surface area contributed by atoms with Gasteiger partial charge in [0.2, 0.25) is 0 Å². The standard InChI is InChI=1S/C15H14ClNO3/c1-19-15(18)13-8-12(6-7-14(13)17)20-9-10-2-4-11(16)5-3-10/h2-8H,9,17H2,1H3. The fourth-order valence-electron chi connectivity index (χ4n) is 1.66. The molecule has 0 spiro atoms. The van der Waals surface area contributed by atoms with Crippen LogP contribution in [-0.2, 0) is 11.3 Å². The lowest BCUT2D eigenvalue weighted by Gasteiger charge is -2.09. The highest BCUT2D eigenvalue weighted by Crippen LogP contribution is 2.21. The van der Waals surface area contributed by atoms with Gasteiger partial charge in [0.25, 0.3) is 0 Å². The maximum Gasteiger partial charge on any atom is 0.340 e. The lowest BCUT2D eigenvalue weighted by Crippen LogP contribution is -2.06. The zero-order valence-electron chi connectivity index (χ0n) is 10.9. The third-order valence-corrected chi connectivity index (χ3v) is 3.00. The van der Waals surface area contributed by atoms with Crippen LogP contribution in [0.15, 0.2) is 42.5 Å². The molecule has 0 unspecified atom stereocenters. The van der Waals surface area contributed by atoms with Gasteiger partial charge in [-0.2, -0.15) is 0 Å². The molecule has 104 valence electrons. The van der Waals surface area contributed by atoms with Crippen LogP contribution in [-0.4, -0.2) is 13.1 Å². The van der Waals surface area contributed by atoms with E-state index in [1.165, 1.54) is 7.11 Å². The van der Waals surface area contributed by atoms with Gasteiger partial charge in [0.05, 0.1) is 12.7 Å². The van der Waals surface area contributed by atoms with Crippen LogP contribution in [0.2, 0.25) is 5.02 Å². The Morgan fingerprint density at radius 1 is 1.20 bits per heavy atom. The summed E-state index contributed by atoms with van der Waals surface area (Å²) in [6.45, 7) is 0.377. The van der Waals surface area contributed by atoms with Gasteiger partial charge in [0, 0.05) is 10.7 Å². The zero-order valence-corrected chi connectivity index (χ0v) is 11.7. The monoisotopic (exact) mass is 291 g/mol. The molecule has 0 aliphatic heterocycles. The summed E-state index contributed by atoms with van der Waals surface area (Å²) in [5, 5.41) is 0.675. The molecule has 0 saturated heterocycles. The predicted molar refractivity (Wildman–Crippen MR) is 78.0 cm³/mol. The molecule has 0 heterocycles. The van der Waals surface area contributed by atoms with E-state index in [2.05, 4.69) is 4.74 Å². The molecule has 0 saturated carbocycles. The summed E-state index contributed by atoms with van der Waals surface area (Å²) in [5.74, 6) is 0.0639. The highest BCUT2D eigenvalue weighted by atomic mass is 35.5. The van der Waals surface area contributed by atoms with Gasteiger partial charge in [0.15, 0.2) is 0 Å². The maximum atomic E-state index is 11.5. The Kier molecular flexibility index (Phi) is 4.48. The van der Waals surface area contributed by atoms with E-state index < -0.39 is 5.97 Å². The second-order valence-corrected chi connectivity index (χ2v) is 4.59. The van der Waals surface area contributed by atoms with Crippen molar-refractivity contribution >= 4 is 23.3 Å². The van der Waals surface area contributed by atoms with Crippen molar-refractivity contribution in [1.29, 1.82) is 0 Å². The van der Waals surface area contributed by atoms with E-state index >= 15 is 0 Å². The maximum absolute atomic E-state index is 11.5. The van der Waals surface area contributed by atoms with E-state index in [0.29, 0.717) is 28.6 Å². The summed E-state index contributed by atoms with van der Waals surface area (Å²) in [7, 11) is 1.31. The zero-order chi connectivity index (χ0) is 14.5. The van der Waals surface area contributed by atoms with E-state index in [1.807, 2.05) is 12.1 Å². The van der Waals surface area contributed by atoms with E-state index in [-0.39, 0.29) is 0 Å². The molecule has 0 fully saturated rings. The molecule has 0 bridgehead atoms. The number of carbonyl (C=O) groups is 1. The van der Waals surface area contributed by atoms with Crippen LogP contribution < -0.4 is 10.5 Å². The van der Waals surface area contributed by atoms with E-state index in [9.17, 15) is 4.79 Å². The molecule has 0 aliphatic carbocycles. The van der Waals surface area contributed by atoms with Gasteiger partial charge < -0.3 is 15.2 Å². The molecule has 0 aliphatic rings. The molecule has 2 N–H and O–H groups in total. The summed E-state index contributed by atoms with van der Waals surface area (Å²) < 4.78 is 10.3. The summed E-state index contributed by atoms with van der Waals surface area (Å²) in [5.41, 5.74) is 7.35. The van der Waals surface area contributed by atoms with Crippen molar-refractivity contribution in [2.45, 2.75) is 6.61 Å². The number of hydrogen-bond acceptors (Lipinski definition) is 4. The number of halogens is 1. The normalized spacial score (nSPS) is 10.1. The highest BCUT2D eigenvalue weighted by molar-refractivity contribution is 6.30. The molecule has 2 aromatic rings. The Labute approximate surface area is 122 Å². The second-order valence-electron chi connectivity index (χ2n) is 4.16. The molecular formula is C15H14ClNO3. The van der Waals surface area contributed by atoms with Crippen LogP contribution in [0.4, 0.5) is 5.69 Å². The molecule has 0 aromatic heterocycles. The van der Waals surface area contributed by atoms with Gasteiger partial charge in [-0.25, -0.2) is 4.79 Å². The molecule has 20 heavy (non-hydrogen) atoms. The summed E-state index contributed by atoms with van der Waals surface area (Å²) >= 11 is 5.81. The SMILES string of the molecule is COC(=O)c1cc(OCc2ccc(Cl)cc2)ccc1N. The average molecular weight is 292 g/mol. The second kappa shape index (κ2) is 6.30. The number of hydrogen-bond donors (Lipinski definition) is 1. The number of ether oxygens (including phenoxy) is 2. The number of methoxy groups -OCH3 is 1. The first-order valence-corrected chi connectivity index (χ1v) is 6.33. The quantitative estimate of drug-likeness (QED) is 0.693. The number of nitrogen functional groups attached to an aromatic ring is 1. The van der Waals surface area contributed by atoms with Gasteiger partial charge in [-0.15, -0.1) is 0 Å². The lowest BCUT2D eigenvalue weighted by molar-refractivity contribution is 0.0601. The smallest absolute Gasteiger partial charge is 0.340 e. The van der Waals surface area contributed by atoms with Crippen molar-refractivity contribution < 1.29 is 14.3 Å². The largest absolute Gasteiger partial charge is 0.489 e. The first kappa shape index (κ1) is 14.2. The molecule has 0 atom stereocenters. The van der Waals surface area contributed by atoms with Crippen molar-refractivity contribution in [3.8, 4) is 5.75 Å². The van der Waals surface area contributed by atoms with Gasteiger partial charge in [0.1, 0.15) is 12.4 Å². The van der Waals surface area contributed by atoms with Crippen LogP contribution in [0.5, 0.6) is 5.75 Å². The highest BCUT2D eigenvalue weighted by Gasteiger charge is 2.11. The Morgan fingerprint density at radius 2 is 1.90 bits per heavy atom. The third-order valence-electron chi connectivity index (χ3n) is 2.75. The fraction of sp³-hybridized carbons (Fsp3) is 0.133. The minimum atomic E-state index is -0.487. The topological polar surface area (TPSA) is 61.5 Å². The molecule has 0 amide bonds. The fourth-order valence-corrected chi connectivity index (χ4v) is 1.79. The molecular weight excluding hydrogens is 278 g/mol. The number of esters is 1. The molecule has 2 aromatic carbocycles. The van der Waals surface area contributed by atoms with Crippen LogP contribution in [0.25, 0.3) is 0 Å². The first-order valence-electron chi connectivity index (χ1n) is 5.95. The molecule has 0 radical (unpaired) electrons. The van der Waals surface area contributed by atoms with Crippen molar-refractivity contribution in [3.05, 3.63) is 58.6 Å². The van der Waals surface area contributed by atoms with Crippen molar-refractivity contribution in [3.63, 3.8) is 0 Å². The first-order chi connectivity index (χ1) is 9.60. The Hall–Kier alpha value is -2.20. The summed E-state index contributed by atoms with van der Waals surface area (Å²) in [6, 6.07) is 12.2. The molecule has 2 rings (SSSR count). The number of carbonyl (C=O) groups excluding carboxylic acids is 1. The summed E-state index contributed by atoms with van der Waals surface area (Å²) in [4.78, 5) is 11.5. The number of rotatable bonds is 4. The van der Waals surface area contributed by atoms with Gasteiger partial charge in [-0.1, -0.05) is 23.7 Å². The Bertz CT molecular complexity index is 611. The van der Waals surface area contributed by atoms with Crippen LogP contribution in [0.3, 0.4) is 0 Å². The van der Waals surface area contributed by atoms with E-state index in [0.717, 1.165) is 5.56 Å². The minimum absolute atomic E-state index is 0.293. The van der Waals surface area contributed by atoms with Crippen LogP contribution in [0, 0.1) is 0 Å². The van der Waals surface area contributed by atoms with Crippen LogP contribution >= 0.6 is 11.6 Å². The third kappa shape index (κ3) is 3.42. The van der Waals surface area contributed by atoms with Crippen molar-refractivity contribution in [2.75, 3.05) is 12.8 Å². The average Bonchev–Trinajstić information content (AvgIpc) is 2.47. The van der Waals surface area contributed by atoms with E-state index in [4.69, 9.17) is 22.1 Å². The Balaban J connectivity index is 2.10. The molecule has 4 nitrogen and oxygen atoms in total. The number of nitrogens with two attached hydrogens (primary N) is 1. The number of benzene rings is 2. The Morgan fingerprint density at radius 3 is 2.55 bits per heavy atom.